The first-order valence-corrected chi connectivity index (χ1v) is 5.77. The molecule has 0 bridgehead atoms. The molecule has 1 aromatic rings. The van der Waals surface area contributed by atoms with E-state index in [9.17, 15) is 22.8 Å². The van der Waals surface area contributed by atoms with Crippen LogP contribution in [0.5, 0.6) is 0 Å². The molecule has 98 valence electrons. The summed E-state index contributed by atoms with van der Waals surface area (Å²) in [6.45, 7) is -0.294. The van der Waals surface area contributed by atoms with Crippen molar-refractivity contribution in [2.45, 2.75) is 6.18 Å². The second-order valence-electron chi connectivity index (χ2n) is 3.28. The largest absolute Gasteiger partial charge is 0.416 e. The van der Waals surface area contributed by atoms with Gasteiger partial charge in [0.1, 0.15) is 0 Å². The predicted molar refractivity (Wildman–Crippen MR) is 65.9 cm³/mol. The Kier molecular flexibility index (Phi) is 4.93. The predicted octanol–water partition coefficient (Wildman–Crippen LogP) is 1.90. The van der Waals surface area contributed by atoms with Crippen molar-refractivity contribution < 1.29 is 22.8 Å². The molecule has 2 amide bonds. The molecule has 0 saturated carbocycles. The van der Waals surface area contributed by atoms with Crippen LogP contribution in [0.15, 0.2) is 24.3 Å². The number of rotatable bonds is 3. The van der Waals surface area contributed by atoms with Crippen LogP contribution in [0.1, 0.15) is 15.9 Å². The molecule has 0 radical (unpaired) electrons. The Bertz CT molecular complexity index is 463. The minimum Gasteiger partial charge on any atom is -0.343 e. The zero-order valence-corrected chi connectivity index (χ0v) is 11.0. The topological polar surface area (TPSA) is 58.2 Å². The lowest BCUT2D eigenvalue weighted by Gasteiger charge is -2.08. The third-order valence-electron chi connectivity index (χ3n) is 1.97. The van der Waals surface area contributed by atoms with E-state index in [1.807, 2.05) is 0 Å². The van der Waals surface area contributed by atoms with Crippen LogP contribution in [0, 0.1) is 0 Å². The summed E-state index contributed by atoms with van der Waals surface area (Å²) in [7, 11) is 0. The molecule has 8 heteroatoms. The molecule has 1 rings (SSSR count). The van der Waals surface area contributed by atoms with E-state index in [1.54, 1.807) is 22.9 Å². The smallest absolute Gasteiger partial charge is 0.343 e. The van der Waals surface area contributed by atoms with Gasteiger partial charge in [0.2, 0.25) is 5.91 Å². The van der Waals surface area contributed by atoms with Gasteiger partial charge in [-0.05, 0) is 18.2 Å². The summed E-state index contributed by atoms with van der Waals surface area (Å²) in [4.78, 5) is 22.3. The van der Waals surface area contributed by atoms with E-state index in [0.29, 0.717) is 0 Å². The maximum Gasteiger partial charge on any atom is 0.416 e. The summed E-state index contributed by atoms with van der Waals surface area (Å²) in [5, 5.41) is 2.21. The molecule has 18 heavy (non-hydrogen) atoms. The normalized spacial score (nSPS) is 10.9. The second-order valence-corrected chi connectivity index (χ2v) is 3.82. The number of halogens is 4. The van der Waals surface area contributed by atoms with Crippen molar-refractivity contribution in [3.8, 4) is 0 Å². The number of amides is 2. The van der Waals surface area contributed by atoms with Gasteiger partial charge in [0, 0.05) is 5.56 Å². The first kappa shape index (κ1) is 14.7. The van der Waals surface area contributed by atoms with E-state index in [4.69, 9.17) is 0 Å². The summed E-state index contributed by atoms with van der Waals surface area (Å²) in [6, 6.07) is 3.98. The van der Waals surface area contributed by atoms with Gasteiger partial charge in [-0.1, -0.05) is 6.07 Å². The summed E-state index contributed by atoms with van der Waals surface area (Å²) in [5.74, 6) is -1.18. The van der Waals surface area contributed by atoms with Crippen LogP contribution in [-0.2, 0) is 11.0 Å². The molecular weight excluding hydrogens is 364 g/mol. The van der Waals surface area contributed by atoms with Crippen LogP contribution < -0.4 is 8.85 Å². The van der Waals surface area contributed by atoms with Gasteiger partial charge in [-0.3, -0.25) is 13.1 Å². The van der Waals surface area contributed by atoms with E-state index < -0.39 is 23.6 Å². The number of hydrogen-bond acceptors (Lipinski definition) is 2. The van der Waals surface area contributed by atoms with Crippen molar-refractivity contribution >= 4 is 34.7 Å². The van der Waals surface area contributed by atoms with Crippen molar-refractivity contribution in [3.05, 3.63) is 35.4 Å². The van der Waals surface area contributed by atoms with Gasteiger partial charge >= 0.3 is 6.18 Å². The van der Waals surface area contributed by atoms with Gasteiger partial charge in [0.25, 0.3) is 5.91 Å². The Balaban J connectivity index is 2.78. The van der Waals surface area contributed by atoms with Crippen LogP contribution >= 0.6 is 22.9 Å². The zero-order chi connectivity index (χ0) is 13.8. The SMILES string of the molecule is O=C(CNC(=O)c1cccc(C(F)(F)F)c1)NI. The fourth-order valence-corrected chi connectivity index (χ4v) is 1.32. The van der Waals surface area contributed by atoms with Crippen LogP contribution in [0.2, 0.25) is 0 Å². The van der Waals surface area contributed by atoms with Crippen LogP contribution in [0.3, 0.4) is 0 Å². The van der Waals surface area contributed by atoms with Gasteiger partial charge in [-0.15, -0.1) is 0 Å². The van der Waals surface area contributed by atoms with Crippen molar-refractivity contribution in [1.82, 2.24) is 8.85 Å². The quantitative estimate of drug-likeness (QED) is 0.629. The van der Waals surface area contributed by atoms with Gasteiger partial charge in [-0.2, -0.15) is 13.2 Å². The average Bonchev–Trinajstić information content (AvgIpc) is 2.34. The lowest BCUT2D eigenvalue weighted by atomic mass is 10.1. The summed E-state index contributed by atoms with van der Waals surface area (Å²) < 4.78 is 39.5. The molecule has 0 heterocycles. The number of nitrogens with one attached hydrogen (secondary N) is 2. The van der Waals surface area contributed by atoms with E-state index >= 15 is 0 Å². The maximum atomic E-state index is 12.4. The van der Waals surface area contributed by atoms with Crippen molar-refractivity contribution in [1.29, 1.82) is 0 Å². The molecule has 0 saturated heterocycles. The molecule has 0 aliphatic carbocycles. The fourth-order valence-electron chi connectivity index (χ4n) is 1.13. The second kappa shape index (κ2) is 6.03. The number of benzene rings is 1. The van der Waals surface area contributed by atoms with Crippen LogP contribution in [0.25, 0.3) is 0 Å². The van der Waals surface area contributed by atoms with Crippen molar-refractivity contribution in [3.63, 3.8) is 0 Å². The Hall–Kier alpha value is -1.32. The van der Waals surface area contributed by atoms with Gasteiger partial charge < -0.3 is 5.32 Å². The summed E-state index contributed by atoms with van der Waals surface area (Å²) >= 11 is 1.59. The van der Waals surface area contributed by atoms with Crippen LogP contribution in [0.4, 0.5) is 13.2 Å². The first-order valence-electron chi connectivity index (χ1n) is 4.69. The Morgan fingerprint density at radius 1 is 1.28 bits per heavy atom. The Labute approximate surface area is 114 Å². The van der Waals surface area contributed by atoms with E-state index in [1.165, 1.54) is 6.07 Å². The molecule has 2 N–H and O–H groups in total. The molecule has 0 atom stereocenters. The molecule has 4 nitrogen and oxygen atoms in total. The standard InChI is InChI=1S/C10H8F3IN2O2/c11-10(12,13)7-3-1-2-6(4-7)9(18)15-5-8(17)16-14/h1-4H,5H2,(H,15,18)(H,16,17). The number of carbonyl (C=O) groups excluding carboxylic acids is 2. The van der Waals surface area contributed by atoms with Gasteiger partial charge in [-0.25, -0.2) is 0 Å². The minimum absolute atomic E-state index is 0.147. The molecule has 0 aliphatic heterocycles. The lowest BCUT2D eigenvalue weighted by Crippen LogP contribution is -2.33. The highest BCUT2D eigenvalue weighted by molar-refractivity contribution is 14.1. The molecule has 0 aromatic heterocycles. The van der Waals surface area contributed by atoms with Crippen LogP contribution in [-0.4, -0.2) is 18.4 Å². The Morgan fingerprint density at radius 3 is 2.50 bits per heavy atom. The molecule has 1 aromatic carbocycles. The lowest BCUT2D eigenvalue weighted by molar-refractivity contribution is -0.137. The van der Waals surface area contributed by atoms with E-state index in [2.05, 4.69) is 8.85 Å². The average molecular weight is 372 g/mol. The fraction of sp³-hybridized carbons (Fsp3) is 0.200. The Morgan fingerprint density at radius 2 is 1.94 bits per heavy atom. The summed E-state index contributed by atoms with van der Waals surface area (Å²) in [6.07, 6.45) is -4.50. The monoisotopic (exact) mass is 372 g/mol. The van der Waals surface area contributed by atoms with E-state index in [-0.39, 0.29) is 12.1 Å². The third-order valence-corrected chi connectivity index (χ3v) is 2.57. The third kappa shape index (κ3) is 4.17. The molecule has 0 aliphatic rings. The van der Waals surface area contributed by atoms with Gasteiger partial charge in [0.05, 0.1) is 35.0 Å². The number of alkyl halides is 3. The van der Waals surface area contributed by atoms with Gasteiger partial charge in [0.15, 0.2) is 0 Å². The highest BCUT2D eigenvalue weighted by Crippen LogP contribution is 2.29. The molecule has 0 spiro atoms. The first-order chi connectivity index (χ1) is 8.34. The molecular formula is C10H8F3IN2O2. The van der Waals surface area contributed by atoms with E-state index in [0.717, 1.165) is 18.2 Å². The molecule has 0 unspecified atom stereocenters. The minimum atomic E-state index is -4.50. The number of carbonyl (C=O) groups is 2. The summed E-state index contributed by atoms with van der Waals surface area (Å²) in [5.41, 5.74) is -1.06. The highest BCUT2D eigenvalue weighted by atomic mass is 127. The van der Waals surface area contributed by atoms with Crippen molar-refractivity contribution in [2.24, 2.45) is 0 Å². The molecule has 0 fully saturated rings. The maximum absolute atomic E-state index is 12.4. The zero-order valence-electron chi connectivity index (χ0n) is 8.84. The highest BCUT2D eigenvalue weighted by Gasteiger charge is 2.30. The number of hydrogen-bond donors (Lipinski definition) is 2. The van der Waals surface area contributed by atoms with Crippen molar-refractivity contribution in [2.75, 3.05) is 6.54 Å².